The molecule has 6 nitrogen and oxygen atoms in total. The monoisotopic (exact) mass is 383 g/mol. The largest absolute Gasteiger partial charge is 0.481 e. The lowest BCUT2D eigenvalue weighted by atomic mass is 9.96. The molecule has 146 valence electrons. The third-order valence-electron chi connectivity index (χ3n) is 4.88. The molecule has 1 fully saturated rings. The van der Waals surface area contributed by atoms with Crippen molar-refractivity contribution in [2.45, 2.75) is 19.1 Å². The average Bonchev–Trinajstić information content (AvgIpc) is 3.23. The number of hydrogen-bond acceptors (Lipinski definition) is 2. The highest BCUT2D eigenvalue weighted by Crippen LogP contribution is 2.37. The Morgan fingerprint density at radius 1 is 1.19 bits per heavy atom. The summed E-state index contributed by atoms with van der Waals surface area (Å²) in [6.45, 7) is -0.130. The number of urea groups is 1. The van der Waals surface area contributed by atoms with Crippen LogP contribution < -0.4 is 5.32 Å². The number of carbonyl (C=O) groups is 2. The predicted octanol–water partition coefficient (Wildman–Crippen LogP) is 2.94. The molecule has 2 amide bonds. The molecule has 1 aliphatic rings. The first kappa shape index (κ1) is 19.1. The van der Waals surface area contributed by atoms with Crippen LogP contribution in [0.2, 0.25) is 0 Å². The van der Waals surface area contributed by atoms with Gasteiger partial charge in [0.05, 0.1) is 11.8 Å². The number of likely N-dealkylation sites (tertiary alicyclic amines) is 1. The maximum atomic E-state index is 13.0. The van der Waals surface area contributed by atoms with Crippen molar-refractivity contribution in [1.82, 2.24) is 14.8 Å². The van der Waals surface area contributed by atoms with Gasteiger partial charge in [0.2, 0.25) is 0 Å². The number of carbonyl (C=O) groups excluding carboxylic acids is 1. The van der Waals surface area contributed by atoms with Gasteiger partial charge in [0, 0.05) is 37.9 Å². The van der Waals surface area contributed by atoms with Crippen LogP contribution in [0.25, 0.3) is 10.9 Å². The zero-order chi connectivity index (χ0) is 19.6. The molecular formula is C18H20F3N3O3. The van der Waals surface area contributed by atoms with Crippen LogP contribution in [0.1, 0.15) is 6.42 Å². The Bertz CT molecular complexity index is 834. The van der Waals surface area contributed by atoms with E-state index in [4.69, 9.17) is 5.11 Å². The first-order valence-corrected chi connectivity index (χ1v) is 8.63. The van der Waals surface area contributed by atoms with Crippen molar-refractivity contribution >= 4 is 22.9 Å². The maximum absolute atomic E-state index is 13.0. The molecule has 0 spiro atoms. The Balaban J connectivity index is 1.50. The maximum Gasteiger partial charge on any atom is 0.394 e. The van der Waals surface area contributed by atoms with E-state index in [1.165, 1.54) is 0 Å². The van der Waals surface area contributed by atoms with Crippen LogP contribution in [-0.2, 0) is 11.3 Å². The van der Waals surface area contributed by atoms with Gasteiger partial charge >= 0.3 is 18.2 Å². The number of aryl methyl sites for hydroxylation is 1. The van der Waals surface area contributed by atoms with Gasteiger partial charge in [-0.2, -0.15) is 13.2 Å². The minimum absolute atomic E-state index is 0.288. The van der Waals surface area contributed by atoms with E-state index in [2.05, 4.69) is 5.32 Å². The molecule has 0 radical (unpaired) electrons. The number of rotatable bonds is 5. The second-order valence-electron chi connectivity index (χ2n) is 6.65. The highest BCUT2D eigenvalue weighted by Gasteiger charge is 2.53. The number of para-hydroxylation sites is 1. The summed E-state index contributed by atoms with van der Waals surface area (Å²) in [6.07, 6.45) is -2.10. The summed E-state index contributed by atoms with van der Waals surface area (Å²) in [6, 6.07) is 9.19. The average molecular weight is 383 g/mol. The predicted molar refractivity (Wildman–Crippen MR) is 92.2 cm³/mol. The van der Waals surface area contributed by atoms with Crippen molar-refractivity contribution < 1.29 is 27.9 Å². The summed E-state index contributed by atoms with van der Waals surface area (Å²) in [4.78, 5) is 24.1. The SMILES string of the molecule is O=C(O)[C@@H]1CN(C(=O)NCCCn2ccc3ccccc32)C[C@H]1C(F)(F)F. The minimum atomic E-state index is -4.65. The zero-order valence-corrected chi connectivity index (χ0v) is 14.4. The molecule has 0 aliphatic carbocycles. The quantitative estimate of drug-likeness (QED) is 0.780. The molecule has 2 heterocycles. The van der Waals surface area contributed by atoms with Gasteiger partial charge in [-0.3, -0.25) is 4.79 Å². The number of halogens is 3. The normalized spacial score (nSPS) is 20.2. The van der Waals surface area contributed by atoms with Gasteiger partial charge in [-0.05, 0) is 23.9 Å². The highest BCUT2D eigenvalue weighted by atomic mass is 19.4. The van der Waals surface area contributed by atoms with E-state index in [9.17, 15) is 22.8 Å². The third-order valence-corrected chi connectivity index (χ3v) is 4.88. The van der Waals surface area contributed by atoms with Crippen LogP contribution >= 0.6 is 0 Å². The summed E-state index contributed by atoms with van der Waals surface area (Å²) in [5, 5.41) is 12.7. The fourth-order valence-electron chi connectivity index (χ4n) is 3.44. The summed E-state index contributed by atoms with van der Waals surface area (Å²) in [7, 11) is 0. The molecule has 0 saturated carbocycles. The Labute approximate surface area is 153 Å². The second-order valence-corrected chi connectivity index (χ2v) is 6.65. The molecule has 2 aromatic rings. The molecule has 0 bridgehead atoms. The Morgan fingerprint density at radius 2 is 1.93 bits per heavy atom. The summed E-state index contributed by atoms with van der Waals surface area (Å²) in [5.74, 6) is -5.19. The Morgan fingerprint density at radius 3 is 2.59 bits per heavy atom. The first-order valence-electron chi connectivity index (χ1n) is 8.63. The van der Waals surface area contributed by atoms with Crippen LogP contribution in [0.15, 0.2) is 36.5 Å². The van der Waals surface area contributed by atoms with Crippen molar-refractivity contribution in [3.63, 3.8) is 0 Å². The molecule has 1 aromatic carbocycles. The summed E-state index contributed by atoms with van der Waals surface area (Å²) in [5.41, 5.74) is 1.07. The van der Waals surface area contributed by atoms with Gasteiger partial charge < -0.3 is 19.9 Å². The number of amides is 2. The van der Waals surface area contributed by atoms with Crippen LogP contribution in [0, 0.1) is 11.8 Å². The number of nitrogens with one attached hydrogen (secondary N) is 1. The standard InChI is InChI=1S/C18H20F3N3O3/c19-18(20,21)14-11-24(10-13(14)16(25)26)17(27)22-7-3-8-23-9-6-12-4-1-2-5-15(12)23/h1-2,4-6,9,13-14H,3,7-8,10-11H2,(H,22,27)(H,25,26)/t13-,14-/m1/s1. The number of hydrogen-bond donors (Lipinski definition) is 2. The molecule has 2 atom stereocenters. The fraction of sp³-hybridized carbons (Fsp3) is 0.444. The van der Waals surface area contributed by atoms with E-state index in [1.54, 1.807) is 0 Å². The number of nitrogens with zero attached hydrogens (tertiary/aromatic N) is 2. The van der Waals surface area contributed by atoms with E-state index in [0.717, 1.165) is 15.8 Å². The van der Waals surface area contributed by atoms with E-state index in [0.29, 0.717) is 13.0 Å². The fourth-order valence-corrected chi connectivity index (χ4v) is 3.44. The van der Waals surface area contributed by atoms with Crippen LogP contribution in [0.4, 0.5) is 18.0 Å². The number of carboxylic acids is 1. The Hall–Kier alpha value is -2.71. The lowest BCUT2D eigenvalue weighted by molar-refractivity contribution is -0.187. The number of aliphatic carboxylic acids is 1. The van der Waals surface area contributed by atoms with Crippen molar-refractivity contribution in [3.8, 4) is 0 Å². The minimum Gasteiger partial charge on any atom is -0.481 e. The highest BCUT2D eigenvalue weighted by molar-refractivity contribution is 5.80. The number of alkyl halides is 3. The van der Waals surface area contributed by atoms with Gasteiger partial charge in [-0.1, -0.05) is 18.2 Å². The van der Waals surface area contributed by atoms with Crippen molar-refractivity contribution in [3.05, 3.63) is 36.5 Å². The molecule has 27 heavy (non-hydrogen) atoms. The van der Waals surface area contributed by atoms with E-state index < -0.39 is 43.1 Å². The summed E-state index contributed by atoms with van der Waals surface area (Å²) < 4.78 is 41.0. The number of fused-ring (bicyclic) bond motifs is 1. The van der Waals surface area contributed by atoms with E-state index >= 15 is 0 Å². The molecule has 1 aliphatic heterocycles. The molecule has 3 rings (SSSR count). The van der Waals surface area contributed by atoms with Gasteiger partial charge in [0.1, 0.15) is 0 Å². The number of aromatic nitrogens is 1. The zero-order valence-electron chi connectivity index (χ0n) is 14.4. The van der Waals surface area contributed by atoms with Crippen LogP contribution in [-0.4, -0.2) is 52.4 Å². The van der Waals surface area contributed by atoms with Crippen LogP contribution in [0.3, 0.4) is 0 Å². The lowest BCUT2D eigenvalue weighted by Gasteiger charge is -2.18. The molecule has 1 saturated heterocycles. The van der Waals surface area contributed by atoms with Gasteiger partial charge in [-0.15, -0.1) is 0 Å². The smallest absolute Gasteiger partial charge is 0.394 e. The second kappa shape index (κ2) is 7.50. The molecule has 1 aromatic heterocycles. The third kappa shape index (κ3) is 4.17. The number of carboxylic acid groups (broad SMARTS) is 1. The molecule has 9 heteroatoms. The lowest BCUT2D eigenvalue weighted by Crippen LogP contribution is -2.40. The Kier molecular flexibility index (Phi) is 5.29. The van der Waals surface area contributed by atoms with E-state index in [1.807, 2.05) is 41.1 Å². The van der Waals surface area contributed by atoms with Crippen molar-refractivity contribution in [2.24, 2.45) is 11.8 Å². The molecule has 0 unspecified atom stereocenters. The first-order chi connectivity index (χ1) is 12.8. The van der Waals surface area contributed by atoms with Crippen molar-refractivity contribution in [2.75, 3.05) is 19.6 Å². The van der Waals surface area contributed by atoms with E-state index in [-0.39, 0.29) is 6.54 Å². The molecule has 2 N–H and O–H groups in total. The number of benzene rings is 1. The molecular weight excluding hydrogens is 363 g/mol. The summed E-state index contributed by atoms with van der Waals surface area (Å²) >= 11 is 0. The van der Waals surface area contributed by atoms with Gasteiger partial charge in [0.25, 0.3) is 0 Å². The van der Waals surface area contributed by atoms with Gasteiger partial charge in [0.15, 0.2) is 0 Å². The van der Waals surface area contributed by atoms with Crippen LogP contribution in [0.5, 0.6) is 0 Å². The topological polar surface area (TPSA) is 74.6 Å². The van der Waals surface area contributed by atoms with Gasteiger partial charge in [-0.25, -0.2) is 4.79 Å². The van der Waals surface area contributed by atoms with Crippen molar-refractivity contribution in [1.29, 1.82) is 0 Å².